The van der Waals surface area contributed by atoms with E-state index in [1.807, 2.05) is 25.4 Å². The molecule has 118 valence electrons. The molecule has 0 saturated carbocycles. The van der Waals surface area contributed by atoms with Gasteiger partial charge >= 0.3 is 0 Å². The van der Waals surface area contributed by atoms with Gasteiger partial charge in [-0.1, -0.05) is 6.07 Å². The Labute approximate surface area is 130 Å². The van der Waals surface area contributed by atoms with Crippen molar-refractivity contribution in [2.75, 3.05) is 19.3 Å². The molecule has 3 heterocycles. The van der Waals surface area contributed by atoms with Crippen molar-refractivity contribution < 1.29 is 8.42 Å². The van der Waals surface area contributed by atoms with Gasteiger partial charge in [-0.25, -0.2) is 12.7 Å². The minimum Gasteiger partial charge on any atom is -0.266 e. The van der Waals surface area contributed by atoms with E-state index >= 15 is 0 Å². The molecular formula is C15H20N4O2S. The van der Waals surface area contributed by atoms with Gasteiger partial charge in [-0.3, -0.25) is 9.67 Å². The molecule has 0 aliphatic carbocycles. The molecule has 6 nitrogen and oxygen atoms in total. The van der Waals surface area contributed by atoms with Crippen LogP contribution in [0.1, 0.15) is 12.0 Å². The van der Waals surface area contributed by atoms with Crippen molar-refractivity contribution in [3.63, 3.8) is 0 Å². The summed E-state index contributed by atoms with van der Waals surface area (Å²) in [5, 5.41) is 4.14. The van der Waals surface area contributed by atoms with Crippen molar-refractivity contribution >= 4 is 10.0 Å². The number of rotatable bonds is 4. The number of sulfonamides is 1. The van der Waals surface area contributed by atoms with Crippen LogP contribution in [0.15, 0.2) is 30.6 Å². The second kappa shape index (κ2) is 5.81. The molecule has 0 bridgehead atoms. The molecule has 1 aliphatic rings. The fraction of sp³-hybridized carbons (Fsp3) is 0.467. The van der Waals surface area contributed by atoms with Gasteiger partial charge in [-0.2, -0.15) is 5.10 Å². The molecule has 2 aromatic rings. The van der Waals surface area contributed by atoms with Crippen LogP contribution in [0.3, 0.4) is 0 Å². The van der Waals surface area contributed by atoms with Crippen LogP contribution < -0.4 is 0 Å². The van der Waals surface area contributed by atoms with Crippen LogP contribution in [-0.2, 0) is 23.5 Å². The molecule has 0 aromatic carbocycles. The van der Waals surface area contributed by atoms with E-state index in [4.69, 9.17) is 0 Å². The smallest absolute Gasteiger partial charge is 0.211 e. The summed E-state index contributed by atoms with van der Waals surface area (Å²) in [5.41, 5.74) is 3.02. The fourth-order valence-corrected chi connectivity index (χ4v) is 3.84. The average molecular weight is 320 g/mol. The fourth-order valence-electron chi connectivity index (χ4n) is 2.92. The molecule has 2 aromatic heterocycles. The maximum absolute atomic E-state index is 11.5. The summed E-state index contributed by atoms with van der Waals surface area (Å²) in [6, 6.07) is 6.00. The Morgan fingerprint density at radius 1 is 1.32 bits per heavy atom. The van der Waals surface area contributed by atoms with Crippen molar-refractivity contribution in [3.05, 3.63) is 36.2 Å². The minimum absolute atomic E-state index is 0.374. The molecule has 1 aliphatic heterocycles. The maximum atomic E-state index is 11.5. The second-order valence-corrected chi connectivity index (χ2v) is 7.85. The average Bonchev–Trinajstić information content (AvgIpc) is 3.08. The predicted octanol–water partition coefficient (Wildman–Crippen LogP) is 1.31. The van der Waals surface area contributed by atoms with E-state index < -0.39 is 10.0 Å². The highest BCUT2D eigenvalue weighted by molar-refractivity contribution is 7.88. The third-order valence-electron chi connectivity index (χ3n) is 4.15. The molecule has 3 rings (SSSR count). The topological polar surface area (TPSA) is 68.1 Å². The van der Waals surface area contributed by atoms with Gasteiger partial charge in [0, 0.05) is 32.5 Å². The zero-order chi connectivity index (χ0) is 15.7. The predicted molar refractivity (Wildman–Crippen MR) is 84.7 cm³/mol. The van der Waals surface area contributed by atoms with Gasteiger partial charge in [0.2, 0.25) is 10.0 Å². The lowest BCUT2D eigenvalue weighted by Gasteiger charge is -2.13. The quantitative estimate of drug-likeness (QED) is 0.852. The highest BCUT2D eigenvalue weighted by Gasteiger charge is 2.28. The molecule has 7 heteroatoms. The summed E-state index contributed by atoms with van der Waals surface area (Å²) in [7, 11) is -1.17. The van der Waals surface area contributed by atoms with Crippen molar-refractivity contribution in [2.45, 2.75) is 12.8 Å². The van der Waals surface area contributed by atoms with Gasteiger partial charge in [0.15, 0.2) is 0 Å². The lowest BCUT2D eigenvalue weighted by molar-refractivity contribution is 0.460. The van der Waals surface area contributed by atoms with E-state index in [9.17, 15) is 8.42 Å². The highest BCUT2D eigenvalue weighted by Crippen LogP contribution is 2.23. The van der Waals surface area contributed by atoms with Crippen molar-refractivity contribution in [1.29, 1.82) is 0 Å². The third kappa shape index (κ3) is 3.20. The molecular weight excluding hydrogens is 300 g/mol. The second-order valence-electron chi connectivity index (χ2n) is 5.87. The Kier molecular flexibility index (Phi) is 4.01. The number of nitrogens with zero attached hydrogens (tertiary/aromatic N) is 4. The molecule has 1 atom stereocenters. The molecule has 22 heavy (non-hydrogen) atoms. The van der Waals surface area contributed by atoms with Gasteiger partial charge in [0.05, 0.1) is 17.6 Å². The first kappa shape index (κ1) is 15.2. The Morgan fingerprint density at radius 3 is 2.68 bits per heavy atom. The van der Waals surface area contributed by atoms with Crippen LogP contribution in [0, 0.1) is 5.92 Å². The van der Waals surface area contributed by atoms with E-state index in [1.54, 1.807) is 15.2 Å². The summed E-state index contributed by atoms with van der Waals surface area (Å²) in [6.07, 6.45) is 6.69. The van der Waals surface area contributed by atoms with Crippen molar-refractivity contribution in [3.8, 4) is 11.4 Å². The molecule has 0 amide bonds. The van der Waals surface area contributed by atoms with Crippen LogP contribution in [0.4, 0.5) is 0 Å². The SMILES string of the molecule is Cn1nccc1-c1ccc(C[C@H]2CCN(S(C)(=O)=O)C2)cn1. The van der Waals surface area contributed by atoms with E-state index in [0.717, 1.165) is 29.8 Å². The molecule has 0 unspecified atom stereocenters. The lowest BCUT2D eigenvalue weighted by atomic mass is 10.00. The largest absolute Gasteiger partial charge is 0.266 e. The van der Waals surface area contributed by atoms with Crippen LogP contribution in [0.2, 0.25) is 0 Å². The Bertz CT molecular complexity index is 752. The van der Waals surface area contributed by atoms with E-state index in [0.29, 0.717) is 19.0 Å². The van der Waals surface area contributed by atoms with E-state index in [1.165, 1.54) is 6.26 Å². The van der Waals surface area contributed by atoms with Gasteiger partial charge in [0.25, 0.3) is 0 Å². The van der Waals surface area contributed by atoms with Crippen LogP contribution in [0.25, 0.3) is 11.4 Å². The van der Waals surface area contributed by atoms with E-state index in [-0.39, 0.29) is 0 Å². The first-order valence-corrected chi connectivity index (χ1v) is 9.17. The van der Waals surface area contributed by atoms with Gasteiger partial charge < -0.3 is 0 Å². The normalized spacial score (nSPS) is 19.6. The first-order chi connectivity index (χ1) is 10.4. The molecule has 1 saturated heterocycles. The summed E-state index contributed by atoms with van der Waals surface area (Å²) in [5.74, 6) is 0.374. The van der Waals surface area contributed by atoms with Crippen molar-refractivity contribution in [2.24, 2.45) is 13.0 Å². The first-order valence-electron chi connectivity index (χ1n) is 7.32. The zero-order valence-corrected chi connectivity index (χ0v) is 13.6. The van der Waals surface area contributed by atoms with Crippen LogP contribution in [0.5, 0.6) is 0 Å². The van der Waals surface area contributed by atoms with Gasteiger partial charge in [-0.05, 0) is 36.5 Å². The molecule has 1 fully saturated rings. The number of pyridine rings is 1. The van der Waals surface area contributed by atoms with E-state index in [2.05, 4.69) is 16.1 Å². The number of hydrogen-bond acceptors (Lipinski definition) is 4. The summed E-state index contributed by atoms with van der Waals surface area (Å²) in [4.78, 5) is 4.50. The molecule has 0 N–H and O–H groups in total. The van der Waals surface area contributed by atoms with Gasteiger partial charge in [0.1, 0.15) is 0 Å². The van der Waals surface area contributed by atoms with Crippen molar-refractivity contribution in [1.82, 2.24) is 19.1 Å². The van der Waals surface area contributed by atoms with Crippen LogP contribution >= 0.6 is 0 Å². The summed E-state index contributed by atoms with van der Waals surface area (Å²) < 4.78 is 26.4. The molecule has 0 spiro atoms. The Morgan fingerprint density at radius 2 is 2.14 bits per heavy atom. The van der Waals surface area contributed by atoms with Gasteiger partial charge in [-0.15, -0.1) is 0 Å². The Balaban J connectivity index is 1.66. The number of aromatic nitrogens is 3. The summed E-state index contributed by atoms with van der Waals surface area (Å²) >= 11 is 0. The number of hydrogen-bond donors (Lipinski definition) is 0. The third-order valence-corrected chi connectivity index (χ3v) is 5.42. The number of aryl methyl sites for hydroxylation is 1. The molecule has 0 radical (unpaired) electrons. The van der Waals surface area contributed by atoms with Crippen LogP contribution in [-0.4, -0.2) is 46.8 Å². The maximum Gasteiger partial charge on any atom is 0.211 e. The monoisotopic (exact) mass is 320 g/mol. The standard InChI is InChI=1S/C15H20N4O2S/c1-18-15(5-7-17-18)14-4-3-12(10-16-14)9-13-6-8-19(11-13)22(2,20)21/h3-5,7,10,13H,6,8-9,11H2,1-2H3/t13-/m1/s1. The summed E-state index contributed by atoms with van der Waals surface area (Å²) in [6.45, 7) is 1.24. The Hall–Kier alpha value is -1.73. The lowest BCUT2D eigenvalue weighted by Crippen LogP contribution is -2.27. The highest BCUT2D eigenvalue weighted by atomic mass is 32.2. The zero-order valence-electron chi connectivity index (χ0n) is 12.8. The minimum atomic E-state index is -3.06.